The number of allylic oxidation sites excluding steroid dienone is 3. The number of rotatable bonds is 6. The summed E-state index contributed by atoms with van der Waals surface area (Å²) in [5, 5.41) is 0. The molecule has 0 saturated carbocycles. The fourth-order valence-corrected chi connectivity index (χ4v) is 1.89. The second-order valence-electron chi connectivity index (χ2n) is 5.07. The van der Waals surface area contributed by atoms with Gasteiger partial charge in [0.25, 0.3) is 0 Å². The van der Waals surface area contributed by atoms with E-state index in [2.05, 4.69) is 33.4 Å². The summed E-state index contributed by atoms with van der Waals surface area (Å²) in [7, 11) is 3.30. The summed E-state index contributed by atoms with van der Waals surface area (Å²) in [4.78, 5) is 0. The van der Waals surface area contributed by atoms with Crippen LogP contribution in [0.3, 0.4) is 0 Å². The quantitative estimate of drug-likeness (QED) is 0.699. The van der Waals surface area contributed by atoms with Gasteiger partial charge in [0, 0.05) is 0 Å². The van der Waals surface area contributed by atoms with E-state index in [1.54, 1.807) is 14.2 Å². The lowest BCUT2D eigenvalue weighted by atomic mass is 9.98. The predicted octanol–water partition coefficient (Wildman–Crippen LogP) is 4.55. The van der Waals surface area contributed by atoms with Crippen molar-refractivity contribution in [2.24, 2.45) is 0 Å². The first-order valence-electron chi connectivity index (χ1n) is 6.48. The van der Waals surface area contributed by atoms with Crippen LogP contribution in [0.2, 0.25) is 0 Å². The van der Waals surface area contributed by atoms with Gasteiger partial charge in [0.1, 0.15) is 0 Å². The van der Waals surface area contributed by atoms with E-state index in [1.807, 2.05) is 12.1 Å². The van der Waals surface area contributed by atoms with Gasteiger partial charge in [-0.05, 0) is 51.3 Å². The Kier molecular flexibility index (Phi) is 5.68. The van der Waals surface area contributed by atoms with E-state index in [9.17, 15) is 0 Å². The Labute approximate surface area is 116 Å². The first-order chi connectivity index (χ1) is 8.97. The third-order valence-electron chi connectivity index (χ3n) is 3.27. The first kappa shape index (κ1) is 15.4. The Hall–Kier alpha value is -1.70. The molecule has 0 N–H and O–H groups in total. The third kappa shape index (κ3) is 4.47. The molecular formula is C17H24O2. The maximum Gasteiger partial charge on any atom is 0.160 e. The molecule has 0 aliphatic carbocycles. The molecule has 0 aromatic heterocycles. The Balaban J connectivity index is 2.78. The lowest BCUT2D eigenvalue weighted by Crippen LogP contribution is -1.95. The van der Waals surface area contributed by atoms with E-state index in [0.29, 0.717) is 0 Å². The SMILES string of the molecule is C=C(CC(C)=C(C)C)Cc1ccc(OC)c(OC)c1. The predicted molar refractivity (Wildman–Crippen MR) is 81.1 cm³/mol. The summed E-state index contributed by atoms with van der Waals surface area (Å²) >= 11 is 0. The van der Waals surface area contributed by atoms with Crippen LogP contribution in [0.5, 0.6) is 11.5 Å². The molecule has 19 heavy (non-hydrogen) atoms. The highest BCUT2D eigenvalue weighted by Crippen LogP contribution is 2.29. The van der Waals surface area contributed by atoms with Gasteiger partial charge in [-0.3, -0.25) is 0 Å². The molecule has 1 aromatic carbocycles. The number of ether oxygens (including phenoxy) is 2. The van der Waals surface area contributed by atoms with Crippen molar-refractivity contribution in [3.8, 4) is 11.5 Å². The fourth-order valence-electron chi connectivity index (χ4n) is 1.89. The summed E-state index contributed by atoms with van der Waals surface area (Å²) in [6, 6.07) is 6.02. The average molecular weight is 260 g/mol. The minimum Gasteiger partial charge on any atom is -0.493 e. The zero-order chi connectivity index (χ0) is 14.4. The molecule has 2 nitrogen and oxygen atoms in total. The first-order valence-corrected chi connectivity index (χ1v) is 6.48. The van der Waals surface area contributed by atoms with Crippen molar-refractivity contribution in [3.05, 3.63) is 47.1 Å². The summed E-state index contributed by atoms with van der Waals surface area (Å²) in [6.07, 6.45) is 1.82. The fraction of sp³-hybridized carbons (Fsp3) is 0.412. The number of hydrogen-bond acceptors (Lipinski definition) is 2. The van der Waals surface area contributed by atoms with Gasteiger partial charge in [-0.2, -0.15) is 0 Å². The van der Waals surface area contributed by atoms with Gasteiger partial charge in [-0.25, -0.2) is 0 Å². The van der Waals surface area contributed by atoms with Crippen LogP contribution in [-0.4, -0.2) is 14.2 Å². The number of hydrogen-bond donors (Lipinski definition) is 0. The minimum atomic E-state index is 0.761. The van der Waals surface area contributed by atoms with Gasteiger partial charge >= 0.3 is 0 Å². The highest BCUT2D eigenvalue weighted by molar-refractivity contribution is 5.43. The molecule has 0 atom stereocenters. The molecule has 0 amide bonds. The van der Waals surface area contributed by atoms with Crippen molar-refractivity contribution in [3.63, 3.8) is 0 Å². The molecule has 0 bridgehead atoms. The van der Waals surface area contributed by atoms with Crippen molar-refractivity contribution in [2.45, 2.75) is 33.6 Å². The van der Waals surface area contributed by atoms with E-state index in [4.69, 9.17) is 9.47 Å². The highest BCUT2D eigenvalue weighted by Gasteiger charge is 2.06. The zero-order valence-electron chi connectivity index (χ0n) is 12.7. The molecule has 0 saturated heterocycles. The minimum absolute atomic E-state index is 0.761. The monoisotopic (exact) mass is 260 g/mol. The van der Waals surface area contributed by atoms with Gasteiger partial charge in [-0.1, -0.05) is 29.4 Å². The van der Waals surface area contributed by atoms with E-state index in [-0.39, 0.29) is 0 Å². The molecule has 0 aliphatic heterocycles. The van der Waals surface area contributed by atoms with Gasteiger partial charge in [-0.15, -0.1) is 0 Å². The molecule has 0 fully saturated rings. The van der Waals surface area contributed by atoms with Crippen molar-refractivity contribution in [2.75, 3.05) is 14.2 Å². The van der Waals surface area contributed by atoms with Crippen molar-refractivity contribution >= 4 is 0 Å². The van der Waals surface area contributed by atoms with Crippen LogP contribution in [0.15, 0.2) is 41.5 Å². The molecule has 104 valence electrons. The number of methoxy groups -OCH3 is 2. The maximum absolute atomic E-state index is 5.31. The second kappa shape index (κ2) is 7.03. The maximum atomic E-state index is 5.31. The van der Waals surface area contributed by atoms with Gasteiger partial charge in [0.05, 0.1) is 14.2 Å². The second-order valence-corrected chi connectivity index (χ2v) is 5.07. The highest BCUT2D eigenvalue weighted by atomic mass is 16.5. The molecular weight excluding hydrogens is 236 g/mol. The Morgan fingerprint density at radius 2 is 1.68 bits per heavy atom. The lowest BCUT2D eigenvalue weighted by molar-refractivity contribution is 0.354. The van der Waals surface area contributed by atoms with Crippen molar-refractivity contribution < 1.29 is 9.47 Å². The van der Waals surface area contributed by atoms with Crippen LogP contribution in [0.1, 0.15) is 32.8 Å². The lowest BCUT2D eigenvalue weighted by Gasteiger charge is -2.11. The zero-order valence-corrected chi connectivity index (χ0v) is 12.7. The molecule has 0 spiro atoms. The molecule has 0 heterocycles. The van der Waals surface area contributed by atoms with Crippen LogP contribution < -0.4 is 9.47 Å². The topological polar surface area (TPSA) is 18.5 Å². The molecule has 0 radical (unpaired) electrons. The van der Waals surface area contributed by atoms with Crippen LogP contribution in [0.4, 0.5) is 0 Å². The third-order valence-corrected chi connectivity index (χ3v) is 3.27. The van der Waals surface area contributed by atoms with E-state index in [0.717, 1.165) is 24.3 Å². The van der Waals surface area contributed by atoms with Crippen LogP contribution >= 0.6 is 0 Å². The largest absolute Gasteiger partial charge is 0.493 e. The smallest absolute Gasteiger partial charge is 0.160 e. The standard InChI is InChI=1S/C17H24O2/c1-12(2)14(4)9-13(3)10-15-7-8-16(18-5)17(11-15)19-6/h7-8,11H,3,9-10H2,1-2,4-6H3. The van der Waals surface area contributed by atoms with Crippen LogP contribution in [-0.2, 0) is 6.42 Å². The molecule has 2 heteroatoms. The van der Waals surface area contributed by atoms with Crippen molar-refractivity contribution in [1.29, 1.82) is 0 Å². The van der Waals surface area contributed by atoms with Gasteiger partial charge < -0.3 is 9.47 Å². The average Bonchev–Trinajstić information content (AvgIpc) is 2.38. The molecule has 1 aromatic rings. The summed E-state index contributed by atoms with van der Waals surface area (Å²) in [5.41, 5.74) is 5.18. The van der Waals surface area contributed by atoms with Crippen molar-refractivity contribution in [1.82, 2.24) is 0 Å². The van der Waals surface area contributed by atoms with E-state index < -0.39 is 0 Å². The van der Waals surface area contributed by atoms with Gasteiger partial charge in [0.2, 0.25) is 0 Å². The summed E-state index contributed by atoms with van der Waals surface area (Å²) < 4.78 is 10.6. The summed E-state index contributed by atoms with van der Waals surface area (Å²) in [6.45, 7) is 10.6. The van der Waals surface area contributed by atoms with E-state index in [1.165, 1.54) is 22.3 Å². The van der Waals surface area contributed by atoms with E-state index >= 15 is 0 Å². The van der Waals surface area contributed by atoms with Crippen LogP contribution in [0, 0.1) is 0 Å². The number of benzene rings is 1. The Morgan fingerprint density at radius 3 is 2.21 bits per heavy atom. The summed E-state index contributed by atoms with van der Waals surface area (Å²) in [5.74, 6) is 1.53. The van der Waals surface area contributed by atoms with Gasteiger partial charge in [0.15, 0.2) is 11.5 Å². The molecule has 0 unspecified atom stereocenters. The Bertz CT molecular complexity index is 480. The normalized spacial score (nSPS) is 9.95. The molecule has 1 rings (SSSR count). The Morgan fingerprint density at radius 1 is 1.05 bits per heavy atom. The molecule has 0 aliphatic rings. The van der Waals surface area contributed by atoms with Crippen LogP contribution in [0.25, 0.3) is 0 Å².